The van der Waals surface area contributed by atoms with Crippen molar-refractivity contribution in [2.75, 3.05) is 0 Å². The van der Waals surface area contributed by atoms with E-state index in [-0.39, 0.29) is 13.5 Å². The van der Waals surface area contributed by atoms with Crippen LogP contribution in [0.2, 0.25) is 0 Å². The summed E-state index contributed by atoms with van der Waals surface area (Å²) in [6.45, 7) is 2.17. The molecular weight excluding hydrogens is 92.1 g/mol. The first kappa shape index (κ1) is 6.09. The van der Waals surface area contributed by atoms with E-state index in [4.69, 9.17) is 0 Å². The van der Waals surface area contributed by atoms with Crippen LogP contribution in [0, 0.1) is 0 Å². The van der Waals surface area contributed by atoms with Crippen LogP contribution in [0.15, 0.2) is 11.6 Å². The molecule has 36 valence electrons. The fourth-order valence-corrected chi connectivity index (χ4v) is 0.433. The molecule has 0 aromatic heterocycles. The molecule has 1 rings (SSSR count). The highest BCUT2D eigenvalue weighted by atomic mass is 32.1. The molecule has 1 aliphatic carbocycles. The van der Waals surface area contributed by atoms with E-state index in [1.54, 1.807) is 5.57 Å². The SMILES string of the molecule is CC1=CCC1.S. The van der Waals surface area contributed by atoms with Gasteiger partial charge in [-0.3, -0.25) is 0 Å². The normalized spacial score (nSPS) is 17.2. The van der Waals surface area contributed by atoms with Gasteiger partial charge in [0.05, 0.1) is 0 Å². The van der Waals surface area contributed by atoms with Gasteiger partial charge in [-0.1, -0.05) is 11.6 Å². The molecule has 6 heavy (non-hydrogen) atoms. The Morgan fingerprint density at radius 2 is 2.00 bits per heavy atom. The first-order valence-electron chi connectivity index (χ1n) is 2.05. The second-order valence-electron chi connectivity index (χ2n) is 1.59. The van der Waals surface area contributed by atoms with Gasteiger partial charge in [0.15, 0.2) is 0 Å². The average Bonchev–Trinajstić information content (AvgIpc) is 1.30. The van der Waals surface area contributed by atoms with Gasteiger partial charge in [-0.05, 0) is 19.8 Å². The zero-order valence-electron chi connectivity index (χ0n) is 3.99. The third-order valence-corrected chi connectivity index (χ3v) is 1.03. The van der Waals surface area contributed by atoms with Crippen molar-refractivity contribution in [3.8, 4) is 0 Å². The Morgan fingerprint density at radius 3 is 2.00 bits per heavy atom. The van der Waals surface area contributed by atoms with E-state index in [9.17, 15) is 0 Å². The van der Waals surface area contributed by atoms with Gasteiger partial charge in [0.1, 0.15) is 0 Å². The fourth-order valence-electron chi connectivity index (χ4n) is 0.433. The lowest BCUT2D eigenvalue weighted by molar-refractivity contribution is 0.875. The van der Waals surface area contributed by atoms with Crippen LogP contribution in [0.5, 0.6) is 0 Å². The molecule has 1 heteroatoms. The molecule has 0 spiro atoms. The van der Waals surface area contributed by atoms with Crippen LogP contribution in [-0.4, -0.2) is 0 Å². The highest BCUT2D eigenvalue weighted by molar-refractivity contribution is 7.59. The smallest absolute Gasteiger partial charge is 0.0288 e. The first-order chi connectivity index (χ1) is 2.39. The van der Waals surface area contributed by atoms with Gasteiger partial charge in [-0.15, -0.1) is 0 Å². The predicted octanol–water partition coefficient (Wildman–Crippen LogP) is 1.84. The van der Waals surface area contributed by atoms with E-state index in [1.807, 2.05) is 0 Å². The minimum atomic E-state index is 0. The number of hydrogen-bond donors (Lipinski definition) is 0. The molecule has 0 fully saturated rings. The van der Waals surface area contributed by atoms with Crippen LogP contribution in [0.25, 0.3) is 0 Å². The van der Waals surface area contributed by atoms with Crippen LogP contribution in [0.1, 0.15) is 19.8 Å². The van der Waals surface area contributed by atoms with Crippen molar-refractivity contribution in [2.45, 2.75) is 19.8 Å². The number of allylic oxidation sites excluding steroid dienone is 2. The first-order valence-corrected chi connectivity index (χ1v) is 2.05. The molecule has 0 radical (unpaired) electrons. The molecule has 0 saturated carbocycles. The van der Waals surface area contributed by atoms with Crippen LogP contribution in [-0.2, 0) is 0 Å². The molecule has 0 aliphatic heterocycles. The summed E-state index contributed by atoms with van der Waals surface area (Å²) in [4.78, 5) is 0. The third kappa shape index (κ3) is 1.05. The molecule has 0 bridgehead atoms. The largest absolute Gasteiger partial charge is 0.197 e. The summed E-state index contributed by atoms with van der Waals surface area (Å²) >= 11 is 0. The zero-order valence-corrected chi connectivity index (χ0v) is 4.99. The van der Waals surface area contributed by atoms with E-state index in [2.05, 4.69) is 13.0 Å². The lowest BCUT2D eigenvalue weighted by Crippen LogP contribution is -1.84. The number of hydrogen-bond acceptors (Lipinski definition) is 0. The van der Waals surface area contributed by atoms with Gasteiger partial charge in [-0.2, -0.15) is 13.5 Å². The van der Waals surface area contributed by atoms with Crippen LogP contribution < -0.4 is 0 Å². The Balaban J connectivity index is 0.000000250. The molecular formula is C5H10S. The van der Waals surface area contributed by atoms with Gasteiger partial charge in [0.2, 0.25) is 0 Å². The second kappa shape index (κ2) is 2.30. The Labute approximate surface area is 45.7 Å². The van der Waals surface area contributed by atoms with Crippen LogP contribution in [0.4, 0.5) is 0 Å². The Bertz CT molecular complexity index is 64.3. The Kier molecular flexibility index (Phi) is 2.33. The van der Waals surface area contributed by atoms with Crippen molar-refractivity contribution in [3.05, 3.63) is 11.6 Å². The van der Waals surface area contributed by atoms with Gasteiger partial charge in [-0.25, -0.2) is 0 Å². The quantitative estimate of drug-likeness (QED) is 0.409. The molecule has 0 nitrogen and oxygen atoms in total. The Morgan fingerprint density at radius 1 is 1.67 bits per heavy atom. The summed E-state index contributed by atoms with van der Waals surface area (Å²) in [6.07, 6.45) is 4.94. The zero-order chi connectivity index (χ0) is 3.70. The van der Waals surface area contributed by atoms with E-state index >= 15 is 0 Å². The van der Waals surface area contributed by atoms with E-state index in [0.29, 0.717) is 0 Å². The second-order valence-corrected chi connectivity index (χ2v) is 1.59. The number of rotatable bonds is 0. The van der Waals surface area contributed by atoms with Gasteiger partial charge in [0.25, 0.3) is 0 Å². The van der Waals surface area contributed by atoms with Crippen molar-refractivity contribution >= 4 is 13.5 Å². The van der Waals surface area contributed by atoms with E-state index in [1.165, 1.54) is 12.8 Å². The molecule has 0 aromatic carbocycles. The summed E-state index contributed by atoms with van der Waals surface area (Å²) in [7, 11) is 0. The third-order valence-electron chi connectivity index (χ3n) is 1.03. The minimum Gasteiger partial charge on any atom is -0.197 e. The molecule has 0 aromatic rings. The summed E-state index contributed by atoms with van der Waals surface area (Å²) < 4.78 is 0. The molecule has 0 heterocycles. The topological polar surface area (TPSA) is 0 Å². The van der Waals surface area contributed by atoms with Crippen LogP contribution in [0.3, 0.4) is 0 Å². The van der Waals surface area contributed by atoms with Crippen molar-refractivity contribution in [2.24, 2.45) is 0 Å². The average molecular weight is 102 g/mol. The van der Waals surface area contributed by atoms with Crippen LogP contribution >= 0.6 is 13.5 Å². The molecule has 0 N–H and O–H groups in total. The Hall–Kier alpha value is 0.0900. The summed E-state index contributed by atoms with van der Waals surface area (Å²) in [5.41, 5.74) is 1.56. The molecule has 0 saturated heterocycles. The van der Waals surface area contributed by atoms with Crippen molar-refractivity contribution < 1.29 is 0 Å². The summed E-state index contributed by atoms with van der Waals surface area (Å²) in [6, 6.07) is 0. The van der Waals surface area contributed by atoms with Gasteiger partial charge < -0.3 is 0 Å². The lowest BCUT2D eigenvalue weighted by atomic mass is 10.0. The van der Waals surface area contributed by atoms with Crippen molar-refractivity contribution in [3.63, 3.8) is 0 Å². The summed E-state index contributed by atoms with van der Waals surface area (Å²) in [5.74, 6) is 0. The molecule has 0 atom stereocenters. The van der Waals surface area contributed by atoms with Crippen molar-refractivity contribution in [1.29, 1.82) is 0 Å². The molecule has 0 unspecified atom stereocenters. The maximum absolute atomic E-state index is 2.26. The van der Waals surface area contributed by atoms with E-state index < -0.39 is 0 Å². The monoisotopic (exact) mass is 102 g/mol. The lowest BCUT2D eigenvalue weighted by Gasteiger charge is -2.05. The molecule has 1 aliphatic rings. The standard InChI is InChI=1S/C5H8.H2S/c1-5-3-2-4-5;/h3H,2,4H2,1H3;1H2. The highest BCUT2D eigenvalue weighted by Gasteiger charge is 1.94. The van der Waals surface area contributed by atoms with Crippen molar-refractivity contribution in [1.82, 2.24) is 0 Å². The maximum Gasteiger partial charge on any atom is -0.0288 e. The van der Waals surface area contributed by atoms with Gasteiger partial charge in [0, 0.05) is 0 Å². The predicted molar refractivity (Wildman–Crippen MR) is 33.4 cm³/mol. The highest BCUT2D eigenvalue weighted by Crippen LogP contribution is 2.14. The maximum atomic E-state index is 2.26. The minimum absolute atomic E-state index is 0. The fraction of sp³-hybridized carbons (Fsp3) is 0.600. The van der Waals surface area contributed by atoms with E-state index in [0.717, 1.165) is 0 Å². The summed E-state index contributed by atoms with van der Waals surface area (Å²) in [5, 5.41) is 0. The molecule has 0 amide bonds. The van der Waals surface area contributed by atoms with Gasteiger partial charge >= 0.3 is 0 Å².